The standard InChI is InChI=1S/C15H19NOS/c1-10-3-4-12(7-11(10)2)14(8-16)15(17)13-5-6-18-9-13/h3-7,9,14-15,17H,8,16H2,1-2H3. The lowest BCUT2D eigenvalue weighted by Gasteiger charge is -2.22. The van der Waals surface area contributed by atoms with Gasteiger partial charge in [0.15, 0.2) is 0 Å². The number of aliphatic hydroxyl groups excluding tert-OH is 1. The van der Waals surface area contributed by atoms with Crippen LogP contribution in [0, 0.1) is 13.8 Å². The highest BCUT2D eigenvalue weighted by Gasteiger charge is 2.22. The second-order valence-corrected chi connectivity index (χ2v) is 5.47. The van der Waals surface area contributed by atoms with Gasteiger partial charge >= 0.3 is 0 Å². The Labute approximate surface area is 112 Å². The molecule has 1 heterocycles. The fourth-order valence-corrected chi connectivity index (χ4v) is 2.81. The van der Waals surface area contributed by atoms with Crippen molar-refractivity contribution in [3.63, 3.8) is 0 Å². The van der Waals surface area contributed by atoms with Crippen LogP contribution in [-0.4, -0.2) is 11.7 Å². The van der Waals surface area contributed by atoms with Gasteiger partial charge in [0.05, 0.1) is 6.10 Å². The summed E-state index contributed by atoms with van der Waals surface area (Å²) < 4.78 is 0. The molecular formula is C15H19NOS. The van der Waals surface area contributed by atoms with Crippen LogP contribution in [0.25, 0.3) is 0 Å². The topological polar surface area (TPSA) is 46.2 Å². The van der Waals surface area contributed by atoms with Crippen LogP contribution in [0.3, 0.4) is 0 Å². The Morgan fingerprint density at radius 3 is 2.50 bits per heavy atom. The van der Waals surface area contributed by atoms with Crippen LogP contribution in [0.1, 0.15) is 34.3 Å². The van der Waals surface area contributed by atoms with E-state index in [2.05, 4.69) is 32.0 Å². The molecule has 2 rings (SSSR count). The zero-order chi connectivity index (χ0) is 13.1. The molecule has 0 bridgehead atoms. The fourth-order valence-electron chi connectivity index (χ4n) is 2.12. The summed E-state index contributed by atoms with van der Waals surface area (Å²) in [5, 5.41) is 14.4. The molecule has 3 heteroatoms. The minimum Gasteiger partial charge on any atom is -0.388 e. The molecule has 0 radical (unpaired) electrons. The molecule has 0 fully saturated rings. The average Bonchev–Trinajstić information content (AvgIpc) is 2.88. The minimum atomic E-state index is -0.525. The van der Waals surface area contributed by atoms with Crippen molar-refractivity contribution in [1.82, 2.24) is 0 Å². The Morgan fingerprint density at radius 1 is 1.17 bits per heavy atom. The largest absolute Gasteiger partial charge is 0.388 e. The predicted octanol–water partition coefficient (Wildman–Crippen LogP) is 3.14. The first kappa shape index (κ1) is 13.3. The van der Waals surface area contributed by atoms with Crippen molar-refractivity contribution < 1.29 is 5.11 Å². The highest BCUT2D eigenvalue weighted by molar-refractivity contribution is 7.07. The molecule has 0 saturated carbocycles. The SMILES string of the molecule is Cc1ccc(C(CN)C(O)c2ccsc2)cc1C. The lowest BCUT2D eigenvalue weighted by molar-refractivity contribution is 0.148. The van der Waals surface area contributed by atoms with Crippen LogP contribution in [0.2, 0.25) is 0 Å². The van der Waals surface area contributed by atoms with Crippen LogP contribution in [0.4, 0.5) is 0 Å². The van der Waals surface area contributed by atoms with E-state index in [0.29, 0.717) is 6.54 Å². The molecule has 0 aliphatic heterocycles. The Kier molecular flexibility index (Phi) is 4.17. The zero-order valence-electron chi connectivity index (χ0n) is 10.8. The number of hydrogen-bond acceptors (Lipinski definition) is 3. The summed E-state index contributed by atoms with van der Waals surface area (Å²) in [4.78, 5) is 0. The second-order valence-electron chi connectivity index (χ2n) is 4.69. The van der Waals surface area contributed by atoms with Crippen LogP contribution < -0.4 is 5.73 Å². The van der Waals surface area contributed by atoms with Crippen molar-refractivity contribution in [2.45, 2.75) is 25.9 Å². The van der Waals surface area contributed by atoms with Crippen molar-refractivity contribution in [1.29, 1.82) is 0 Å². The Morgan fingerprint density at radius 2 is 1.94 bits per heavy atom. The van der Waals surface area contributed by atoms with Gasteiger partial charge in [0.2, 0.25) is 0 Å². The molecular weight excluding hydrogens is 242 g/mol. The zero-order valence-corrected chi connectivity index (χ0v) is 11.6. The third-order valence-electron chi connectivity index (χ3n) is 3.48. The Balaban J connectivity index is 2.30. The van der Waals surface area contributed by atoms with E-state index in [1.54, 1.807) is 11.3 Å². The number of aliphatic hydroxyl groups is 1. The van der Waals surface area contributed by atoms with Gasteiger partial charge in [-0.15, -0.1) is 0 Å². The van der Waals surface area contributed by atoms with Crippen LogP contribution in [0.15, 0.2) is 35.0 Å². The van der Waals surface area contributed by atoms with Crippen molar-refractivity contribution in [2.75, 3.05) is 6.54 Å². The molecule has 1 aromatic carbocycles. The number of nitrogens with two attached hydrogens (primary N) is 1. The molecule has 0 spiro atoms. The number of aryl methyl sites for hydroxylation is 2. The fraction of sp³-hybridized carbons (Fsp3) is 0.333. The van der Waals surface area contributed by atoms with Crippen molar-refractivity contribution in [2.24, 2.45) is 5.73 Å². The van der Waals surface area contributed by atoms with E-state index >= 15 is 0 Å². The normalized spacial score (nSPS) is 14.4. The summed E-state index contributed by atoms with van der Waals surface area (Å²) in [5.41, 5.74) is 10.4. The van der Waals surface area contributed by atoms with Gasteiger partial charge in [-0.2, -0.15) is 11.3 Å². The molecule has 0 aliphatic rings. The molecule has 2 nitrogen and oxygen atoms in total. The van der Waals surface area contributed by atoms with Crippen LogP contribution >= 0.6 is 11.3 Å². The quantitative estimate of drug-likeness (QED) is 0.888. The molecule has 1 aromatic heterocycles. The molecule has 0 amide bonds. The lowest BCUT2D eigenvalue weighted by Crippen LogP contribution is -2.20. The number of benzene rings is 1. The van der Waals surface area contributed by atoms with Crippen LogP contribution in [-0.2, 0) is 0 Å². The van der Waals surface area contributed by atoms with E-state index in [4.69, 9.17) is 5.73 Å². The average molecular weight is 261 g/mol. The molecule has 3 N–H and O–H groups in total. The first-order valence-corrected chi connectivity index (χ1v) is 7.05. The van der Waals surface area contributed by atoms with E-state index in [9.17, 15) is 5.11 Å². The van der Waals surface area contributed by atoms with Gasteiger partial charge in [-0.3, -0.25) is 0 Å². The van der Waals surface area contributed by atoms with E-state index in [1.807, 2.05) is 16.8 Å². The van der Waals surface area contributed by atoms with E-state index in [1.165, 1.54) is 11.1 Å². The Bertz CT molecular complexity index is 507. The van der Waals surface area contributed by atoms with Gasteiger partial charge in [-0.1, -0.05) is 18.2 Å². The maximum absolute atomic E-state index is 10.4. The predicted molar refractivity (Wildman–Crippen MR) is 77.0 cm³/mol. The molecule has 96 valence electrons. The smallest absolute Gasteiger partial charge is 0.0878 e. The Hall–Kier alpha value is -1.16. The van der Waals surface area contributed by atoms with Crippen molar-refractivity contribution >= 4 is 11.3 Å². The monoisotopic (exact) mass is 261 g/mol. The van der Waals surface area contributed by atoms with E-state index in [0.717, 1.165) is 11.1 Å². The molecule has 18 heavy (non-hydrogen) atoms. The van der Waals surface area contributed by atoms with E-state index < -0.39 is 6.10 Å². The van der Waals surface area contributed by atoms with Gasteiger partial charge < -0.3 is 10.8 Å². The highest BCUT2D eigenvalue weighted by Crippen LogP contribution is 2.32. The van der Waals surface area contributed by atoms with Gasteiger partial charge in [-0.05, 0) is 52.9 Å². The van der Waals surface area contributed by atoms with Gasteiger partial charge in [0.1, 0.15) is 0 Å². The number of rotatable bonds is 4. The summed E-state index contributed by atoms with van der Waals surface area (Å²) in [5.74, 6) is -0.0427. The first-order chi connectivity index (χ1) is 8.63. The third-order valence-corrected chi connectivity index (χ3v) is 4.18. The second kappa shape index (κ2) is 5.65. The highest BCUT2D eigenvalue weighted by atomic mass is 32.1. The molecule has 2 atom stereocenters. The number of hydrogen-bond donors (Lipinski definition) is 2. The molecule has 2 unspecified atom stereocenters. The lowest BCUT2D eigenvalue weighted by atomic mass is 9.89. The van der Waals surface area contributed by atoms with Crippen molar-refractivity contribution in [3.8, 4) is 0 Å². The van der Waals surface area contributed by atoms with E-state index in [-0.39, 0.29) is 5.92 Å². The summed E-state index contributed by atoms with van der Waals surface area (Å²) in [6.45, 7) is 4.62. The third kappa shape index (κ3) is 2.64. The van der Waals surface area contributed by atoms with Crippen molar-refractivity contribution in [3.05, 3.63) is 57.3 Å². The first-order valence-electron chi connectivity index (χ1n) is 6.11. The summed E-state index contributed by atoms with van der Waals surface area (Å²) in [6, 6.07) is 8.24. The summed E-state index contributed by atoms with van der Waals surface area (Å²) in [6.07, 6.45) is -0.525. The number of thiophene rings is 1. The van der Waals surface area contributed by atoms with Gasteiger partial charge in [-0.25, -0.2) is 0 Å². The molecule has 0 saturated heterocycles. The molecule has 2 aromatic rings. The summed E-state index contributed by atoms with van der Waals surface area (Å²) >= 11 is 1.60. The van der Waals surface area contributed by atoms with Gasteiger partial charge in [0.25, 0.3) is 0 Å². The van der Waals surface area contributed by atoms with Crippen LogP contribution in [0.5, 0.6) is 0 Å². The molecule has 0 aliphatic carbocycles. The maximum Gasteiger partial charge on any atom is 0.0878 e. The minimum absolute atomic E-state index is 0.0427. The van der Waals surface area contributed by atoms with Gasteiger partial charge in [0, 0.05) is 12.5 Å². The summed E-state index contributed by atoms with van der Waals surface area (Å²) in [7, 11) is 0. The maximum atomic E-state index is 10.4.